The molecule has 0 aliphatic heterocycles. The summed E-state index contributed by atoms with van der Waals surface area (Å²) in [4.78, 5) is 8.94. The number of hydrogen-bond donors (Lipinski definition) is 0. The molecule has 0 aromatic rings. The van der Waals surface area contributed by atoms with Gasteiger partial charge in [-0.2, -0.15) is 0 Å². The van der Waals surface area contributed by atoms with Gasteiger partial charge >= 0.3 is 0 Å². The summed E-state index contributed by atoms with van der Waals surface area (Å²) in [5.41, 5.74) is 0. The Balaban J connectivity index is 3.20. The summed E-state index contributed by atoms with van der Waals surface area (Å²) in [6.45, 7) is 2.22. The molecule has 0 unspecified atom stereocenters. The molecule has 0 aromatic heterocycles. The molecule has 4 nitrogen and oxygen atoms in total. The smallest absolute Gasteiger partial charge is 0.268 e. The minimum atomic E-state index is -0.574. The molecular weight excluding hydrogens is 110 g/mol. The van der Waals surface area contributed by atoms with Crippen LogP contribution in [0, 0.1) is 10.1 Å². The van der Waals surface area contributed by atoms with Crippen LogP contribution < -0.4 is 0 Å². The second-order valence-corrected chi connectivity index (χ2v) is 1.03. The minimum absolute atomic E-state index is 0.463. The van der Waals surface area contributed by atoms with Crippen LogP contribution in [0.3, 0.4) is 0 Å². The topological polar surface area (TPSA) is 52.4 Å². The molecule has 0 N–H and O–H groups in total. The molecule has 8 heavy (non-hydrogen) atoms. The van der Waals surface area contributed by atoms with E-state index in [9.17, 15) is 10.1 Å². The molecule has 0 aromatic carbocycles. The fourth-order valence-corrected chi connectivity index (χ4v) is 0.189. The molecule has 46 valence electrons. The molecule has 0 aliphatic carbocycles. The first-order valence-corrected chi connectivity index (χ1v) is 2.19. The van der Waals surface area contributed by atoms with Crippen molar-refractivity contribution < 1.29 is 9.66 Å². The van der Waals surface area contributed by atoms with Gasteiger partial charge in [-0.3, -0.25) is 10.1 Å². The predicted octanol–water partition coefficient (Wildman–Crippen LogP) is 0.771. The zero-order chi connectivity index (χ0) is 6.41. The van der Waals surface area contributed by atoms with Crippen LogP contribution in [0.5, 0.6) is 0 Å². The maximum absolute atomic E-state index is 9.51. The molecular formula is C4H7NO3. The van der Waals surface area contributed by atoms with Crippen molar-refractivity contribution in [2.45, 2.75) is 6.92 Å². The van der Waals surface area contributed by atoms with Gasteiger partial charge in [-0.25, -0.2) is 0 Å². The molecule has 4 heteroatoms. The lowest BCUT2D eigenvalue weighted by molar-refractivity contribution is -0.404. The van der Waals surface area contributed by atoms with Crippen molar-refractivity contribution in [3.8, 4) is 0 Å². The molecule has 0 rings (SSSR count). The first-order chi connectivity index (χ1) is 3.77. The molecule has 0 spiro atoms. The maximum atomic E-state index is 9.51. The molecule has 0 bridgehead atoms. The first kappa shape index (κ1) is 6.94. The van der Waals surface area contributed by atoms with Crippen LogP contribution in [-0.2, 0) is 4.74 Å². The Morgan fingerprint density at radius 2 is 2.50 bits per heavy atom. The molecule has 0 fully saturated rings. The number of rotatable bonds is 3. The molecule has 0 aliphatic rings. The second-order valence-electron chi connectivity index (χ2n) is 1.03. The molecule has 0 saturated carbocycles. The predicted molar refractivity (Wildman–Crippen MR) is 27.8 cm³/mol. The lowest BCUT2D eigenvalue weighted by Crippen LogP contribution is -1.84. The van der Waals surface area contributed by atoms with Gasteiger partial charge in [-0.15, -0.1) is 0 Å². The van der Waals surface area contributed by atoms with Gasteiger partial charge in [0.25, 0.3) is 6.20 Å². The van der Waals surface area contributed by atoms with Crippen molar-refractivity contribution in [3.05, 3.63) is 22.6 Å². The van der Waals surface area contributed by atoms with Crippen LogP contribution in [0.2, 0.25) is 0 Å². The fourth-order valence-electron chi connectivity index (χ4n) is 0.189. The maximum Gasteiger partial charge on any atom is 0.268 e. The third-order valence-electron chi connectivity index (χ3n) is 0.445. The standard InChI is InChI=1S/C4H7NO3/c1-2-8-4-3-5(6)7/h3-4H,2H2,1H3/b4-3-. The SMILES string of the molecule is CCO/C=C\[N+](=O)[O-]. The van der Waals surface area contributed by atoms with Gasteiger partial charge in [0, 0.05) is 0 Å². The zero-order valence-corrected chi connectivity index (χ0v) is 4.53. The van der Waals surface area contributed by atoms with E-state index >= 15 is 0 Å². The Hall–Kier alpha value is -1.06. The van der Waals surface area contributed by atoms with E-state index < -0.39 is 4.92 Å². The lowest BCUT2D eigenvalue weighted by Gasteiger charge is -1.86. The average molecular weight is 117 g/mol. The van der Waals surface area contributed by atoms with Crippen molar-refractivity contribution in [1.82, 2.24) is 0 Å². The second kappa shape index (κ2) is 4.11. The summed E-state index contributed by atoms with van der Waals surface area (Å²) in [5, 5.41) is 9.51. The van der Waals surface area contributed by atoms with E-state index in [1.165, 1.54) is 0 Å². The number of ether oxygens (including phenoxy) is 1. The third-order valence-corrected chi connectivity index (χ3v) is 0.445. The van der Waals surface area contributed by atoms with Crippen molar-refractivity contribution in [2.24, 2.45) is 0 Å². The Kier molecular flexibility index (Phi) is 3.56. The van der Waals surface area contributed by atoms with Gasteiger partial charge in [0.15, 0.2) is 6.26 Å². The van der Waals surface area contributed by atoms with E-state index in [4.69, 9.17) is 0 Å². The summed E-state index contributed by atoms with van der Waals surface area (Å²) in [7, 11) is 0. The Labute approximate surface area is 46.9 Å². The molecule has 0 atom stereocenters. The van der Waals surface area contributed by atoms with Crippen molar-refractivity contribution in [1.29, 1.82) is 0 Å². The lowest BCUT2D eigenvalue weighted by atomic mass is 10.8. The minimum Gasteiger partial charge on any atom is -0.495 e. The monoisotopic (exact) mass is 117 g/mol. The Morgan fingerprint density at radius 1 is 1.88 bits per heavy atom. The summed E-state index contributed by atoms with van der Waals surface area (Å²) in [6, 6.07) is 0. The van der Waals surface area contributed by atoms with Crippen LogP contribution in [0.15, 0.2) is 12.5 Å². The van der Waals surface area contributed by atoms with Crippen LogP contribution in [-0.4, -0.2) is 11.5 Å². The zero-order valence-electron chi connectivity index (χ0n) is 4.53. The highest BCUT2D eigenvalue weighted by atomic mass is 16.6. The highest BCUT2D eigenvalue weighted by Gasteiger charge is 1.80. The highest BCUT2D eigenvalue weighted by molar-refractivity contribution is 4.57. The first-order valence-electron chi connectivity index (χ1n) is 2.19. The molecule has 0 saturated heterocycles. The van der Waals surface area contributed by atoms with E-state index in [0.717, 1.165) is 12.5 Å². The molecule has 0 amide bonds. The van der Waals surface area contributed by atoms with Crippen LogP contribution in [0.1, 0.15) is 6.92 Å². The van der Waals surface area contributed by atoms with Crippen LogP contribution >= 0.6 is 0 Å². The number of hydrogen-bond acceptors (Lipinski definition) is 3. The largest absolute Gasteiger partial charge is 0.495 e. The van der Waals surface area contributed by atoms with E-state index in [0.29, 0.717) is 6.61 Å². The van der Waals surface area contributed by atoms with Gasteiger partial charge < -0.3 is 4.74 Å². The van der Waals surface area contributed by atoms with Crippen molar-refractivity contribution in [2.75, 3.05) is 6.61 Å². The van der Waals surface area contributed by atoms with Gasteiger partial charge in [-0.1, -0.05) is 0 Å². The van der Waals surface area contributed by atoms with Gasteiger partial charge in [-0.05, 0) is 6.92 Å². The molecule has 0 heterocycles. The van der Waals surface area contributed by atoms with Crippen molar-refractivity contribution >= 4 is 0 Å². The number of nitro groups is 1. The van der Waals surface area contributed by atoms with E-state index in [-0.39, 0.29) is 0 Å². The van der Waals surface area contributed by atoms with Crippen LogP contribution in [0.4, 0.5) is 0 Å². The van der Waals surface area contributed by atoms with E-state index in [1.54, 1.807) is 6.92 Å². The third kappa shape index (κ3) is 4.94. The average Bonchev–Trinajstić information content (AvgIpc) is 1.66. The Bertz CT molecular complexity index is 99.5. The number of nitrogens with zero attached hydrogens (tertiary/aromatic N) is 1. The van der Waals surface area contributed by atoms with Crippen LogP contribution in [0.25, 0.3) is 0 Å². The quantitative estimate of drug-likeness (QED) is 0.311. The van der Waals surface area contributed by atoms with Gasteiger partial charge in [0.1, 0.15) is 0 Å². The van der Waals surface area contributed by atoms with Gasteiger partial charge in [0.05, 0.1) is 11.5 Å². The molecule has 0 radical (unpaired) electrons. The summed E-state index contributed by atoms with van der Waals surface area (Å²) >= 11 is 0. The Morgan fingerprint density at radius 3 is 2.88 bits per heavy atom. The highest BCUT2D eigenvalue weighted by Crippen LogP contribution is 1.75. The fraction of sp³-hybridized carbons (Fsp3) is 0.500. The van der Waals surface area contributed by atoms with Crippen molar-refractivity contribution in [3.63, 3.8) is 0 Å². The summed E-state index contributed by atoms with van der Waals surface area (Å²) < 4.78 is 4.52. The van der Waals surface area contributed by atoms with E-state index in [1.807, 2.05) is 0 Å². The normalized spacial score (nSPS) is 9.62. The van der Waals surface area contributed by atoms with Gasteiger partial charge in [0.2, 0.25) is 0 Å². The summed E-state index contributed by atoms with van der Waals surface area (Å²) in [5.74, 6) is 0. The van der Waals surface area contributed by atoms with E-state index in [2.05, 4.69) is 4.74 Å². The summed E-state index contributed by atoms with van der Waals surface area (Å²) in [6.07, 6.45) is 1.81.